The van der Waals surface area contributed by atoms with Crippen LogP contribution in [0.1, 0.15) is 25.7 Å². The molecule has 0 radical (unpaired) electrons. The number of hydrogen-bond donors (Lipinski definition) is 1. The van der Waals surface area contributed by atoms with Crippen molar-refractivity contribution in [1.29, 1.82) is 0 Å². The molecule has 1 aliphatic heterocycles. The van der Waals surface area contributed by atoms with Gasteiger partial charge in [0.1, 0.15) is 6.33 Å². The van der Waals surface area contributed by atoms with Crippen LogP contribution in [0.5, 0.6) is 0 Å². The molecule has 0 amide bonds. The van der Waals surface area contributed by atoms with Crippen LogP contribution in [-0.2, 0) is 0 Å². The largest absolute Gasteiger partial charge is 0.341 e. The van der Waals surface area contributed by atoms with Crippen LogP contribution >= 0.6 is 22.6 Å². The van der Waals surface area contributed by atoms with Crippen molar-refractivity contribution < 1.29 is 0 Å². The van der Waals surface area contributed by atoms with E-state index in [1.165, 1.54) is 12.8 Å². The fraction of sp³-hybridized carbons (Fsp3) is 0.615. The maximum Gasteiger partial charge on any atom is 0.212 e. The first-order valence-corrected chi connectivity index (χ1v) is 8.10. The average Bonchev–Trinajstić information content (AvgIpc) is 3.12. The number of halogens is 1. The summed E-state index contributed by atoms with van der Waals surface area (Å²) in [6, 6.07) is 0.384. The summed E-state index contributed by atoms with van der Waals surface area (Å²) in [5, 5.41) is 8.19. The van der Waals surface area contributed by atoms with Gasteiger partial charge in [-0.25, -0.2) is 4.98 Å². The summed E-state index contributed by atoms with van der Waals surface area (Å²) in [5.74, 6) is 0.961. The Hall–Kier alpha value is -0.960. The molecule has 1 spiro atoms. The highest BCUT2D eigenvalue weighted by molar-refractivity contribution is 14.1. The zero-order chi connectivity index (χ0) is 13.7. The lowest BCUT2D eigenvalue weighted by atomic mass is 9.85. The summed E-state index contributed by atoms with van der Waals surface area (Å²) >= 11 is 2.25. The minimum atomic E-state index is 0.384. The van der Waals surface area contributed by atoms with Crippen molar-refractivity contribution in [3.8, 4) is 0 Å². The van der Waals surface area contributed by atoms with E-state index in [4.69, 9.17) is 5.73 Å². The Morgan fingerprint density at radius 2 is 2.30 bits per heavy atom. The molecule has 1 unspecified atom stereocenters. The number of hydrogen-bond acceptors (Lipinski definition) is 5. The van der Waals surface area contributed by atoms with E-state index in [1.54, 1.807) is 6.33 Å². The highest BCUT2D eigenvalue weighted by Crippen LogP contribution is 2.45. The molecule has 2 aromatic rings. The van der Waals surface area contributed by atoms with E-state index >= 15 is 0 Å². The molecule has 1 saturated heterocycles. The monoisotopic (exact) mass is 384 g/mol. The Balaban J connectivity index is 1.68. The standard InChI is InChI=1S/C13H17IN6/c14-10-6-16-12(20-8-17-18-11(10)20)19-4-3-13(7-19)2-1-9(15)5-13/h6,8-9H,1-5,7,15H2/t9-,13?/m1/s1. The number of nitrogens with zero attached hydrogens (tertiary/aromatic N) is 5. The van der Waals surface area contributed by atoms with Gasteiger partial charge in [0.25, 0.3) is 0 Å². The summed E-state index contributed by atoms with van der Waals surface area (Å²) in [6.45, 7) is 2.11. The Labute approximate surface area is 130 Å². The van der Waals surface area contributed by atoms with Gasteiger partial charge in [-0.2, -0.15) is 0 Å². The molecular weight excluding hydrogens is 367 g/mol. The Morgan fingerprint density at radius 3 is 3.10 bits per heavy atom. The van der Waals surface area contributed by atoms with E-state index in [9.17, 15) is 0 Å². The van der Waals surface area contributed by atoms with Crippen molar-refractivity contribution in [3.05, 3.63) is 16.1 Å². The van der Waals surface area contributed by atoms with Crippen LogP contribution in [-0.4, -0.2) is 38.7 Å². The first kappa shape index (κ1) is 12.8. The summed E-state index contributed by atoms with van der Waals surface area (Å²) < 4.78 is 3.02. The maximum absolute atomic E-state index is 6.11. The molecule has 1 saturated carbocycles. The fourth-order valence-corrected chi connectivity index (χ4v) is 4.25. The van der Waals surface area contributed by atoms with Crippen molar-refractivity contribution >= 4 is 34.2 Å². The molecule has 3 heterocycles. The molecule has 0 aromatic carbocycles. The zero-order valence-electron chi connectivity index (χ0n) is 11.2. The lowest BCUT2D eigenvalue weighted by Gasteiger charge is -2.24. The number of anilines is 1. The third-order valence-electron chi connectivity index (χ3n) is 4.73. The van der Waals surface area contributed by atoms with Crippen molar-refractivity contribution in [1.82, 2.24) is 19.6 Å². The lowest BCUT2D eigenvalue weighted by molar-refractivity contribution is 0.335. The molecule has 106 valence electrons. The highest BCUT2D eigenvalue weighted by Gasteiger charge is 2.43. The molecule has 2 N–H and O–H groups in total. The summed E-state index contributed by atoms with van der Waals surface area (Å²) in [6.07, 6.45) is 8.42. The smallest absolute Gasteiger partial charge is 0.212 e. The second-order valence-corrected chi connectivity index (χ2v) is 7.27. The third-order valence-corrected chi connectivity index (χ3v) is 5.49. The summed E-state index contributed by atoms with van der Waals surface area (Å²) in [4.78, 5) is 6.97. The molecule has 4 rings (SSSR count). The van der Waals surface area contributed by atoms with Crippen LogP contribution < -0.4 is 10.6 Å². The molecule has 2 fully saturated rings. The molecule has 6 nitrogen and oxygen atoms in total. The van der Waals surface area contributed by atoms with Gasteiger partial charge in [0.05, 0.1) is 3.57 Å². The Kier molecular flexibility index (Phi) is 2.88. The van der Waals surface area contributed by atoms with Gasteiger partial charge in [-0.3, -0.25) is 4.40 Å². The normalized spacial score (nSPS) is 29.9. The topological polar surface area (TPSA) is 72.3 Å². The SMILES string of the molecule is N[C@@H]1CCC2(CCN(c3ncc(I)c4nncn34)C2)C1. The minimum absolute atomic E-state index is 0.384. The van der Waals surface area contributed by atoms with Crippen molar-refractivity contribution in [2.24, 2.45) is 11.1 Å². The van der Waals surface area contributed by atoms with Gasteiger partial charge in [0, 0.05) is 25.3 Å². The predicted molar refractivity (Wildman–Crippen MR) is 84.6 cm³/mol. The molecule has 2 aliphatic rings. The predicted octanol–water partition coefficient (Wildman–Crippen LogP) is 1.44. The lowest BCUT2D eigenvalue weighted by Crippen LogP contribution is -2.28. The first-order chi connectivity index (χ1) is 9.67. The van der Waals surface area contributed by atoms with E-state index in [2.05, 4.69) is 42.7 Å². The van der Waals surface area contributed by atoms with Crippen LogP contribution in [0.4, 0.5) is 5.95 Å². The zero-order valence-corrected chi connectivity index (χ0v) is 13.3. The molecule has 2 atom stereocenters. The molecule has 7 heteroatoms. The van der Waals surface area contributed by atoms with Gasteiger partial charge in [-0.1, -0.05) is 0 Å². The van der Waals surface area contributed by atoms with Gasteiger partial charge in [0.15, 0.2) is 5.65 Å². The van der Waals surface area contributed by atoms with E-state index in [0.29, 0.717) is 11.5 Å². The summed E-state index contributed by atoms with van der Waals surface area (Å²) in [5.41, 5.74) is 7.40. The van der Waals surface area contributed by atoms with Crippen molar-refractivity contribution in [3.63, 3.8) is 0 Å². The number of rotatable bonds is 1. The second kappa shape index (κ2) is 4.52. The number of aromatic nitrogens is 4. The highest BCUT2D eigenvalue weighted by atomic mass is 127. The van der Waals surface area contributed by atoms with Crippen LogP contribution in [0.3, 0.4) is 0 Å². The van der Waals surface area contributed by atoms with Crippen molar-refractivity contribution in [2.45, 2.75) is 31.7 Å². The quantitative estimate of drug-likeness (QED) is 0.754. The minimum Gasteiger partial charge on any atom is -0.341 e. The van der Waals surface area contributed by atoms with E-state index < -0.39 is 0 Å². The summed E-state index contributed by atoms with van der Waals surface area (Å²) in [7, 11) is 0. The van der Waals surface area contributed by atoms with Crippen LogP contribution in [0.15, 0.2) is 12.5 Å². The second-order valence-electron chi connectivity index (χ2n) is 6.11. The number of fused-ring (bicyclic) bond motifs is 1. The van der Waals surface area contributed by atoms with Gasteiger partial charge in [0.2, 0.25) is 5.95 Å². The van der Waals surface area contributed by atoms with Gasteiger partial charge in [-0.05, 0) is 53.7 Å². The number of nitrogens with two attached hydrogens (primary N) is 1. The van der Waals surface area contributed by atoms with E-state index in [-0.39, 0.29) is 0 Å². The fourth-order valence-electron chi connectivity index (χ4n) is 3.74. The van der Waals surface area contributed by atoms with Crippen LogP contribution in [0.2, 0.25) is 0 Å². The molecule has 1 aliphatic carbocycles. The van der Waals surface area contributed by atoms with Gasteiger partial charge in [-0.15, -0.1) is 10.2 Å². The van der Waals surface area contributed by atoms with Crippen molar-refractivity contribution in [2.75, 3.05) is 18.0 Å². The average molecular weight is 384 g/mol. The van der Waals surface area contributed by atoms with Crippen LogP contribution in [0.25, 0.3) is 5.65 Å². The van der Waals surface area contributed by atoms with Crippen LogP contribution in [0, 0.1) is 8.99 Å². The first-order valence-electron chi connectivity index (χ1n) is 7.02. The molecule has 0 bridgehead atoms. The van der Waals surface area contributed by atoms with E-state index in [1.807, 2.05) is 10.6 Å². The molecule has 2 aromatic heterocycles. The van der Waals surface area contributed by atoms with Gasteiger partial charge >= 0.3 is 0 Å². The molecular formula is C13H17IN6. The van der Waals surface area contributed by atoms with E-state index in [0.717, 1.165) is 41.1 Å². The van der Waals surface area contributed by atoms with Gasteiger partial charge < -0.3 is 10.6 Å². The molecule has 20 heavy (non-hydrogen) atoms. The Bertz CT molecular complexity index is 655. The third kappa shape index (κ3) is 1.90. The Morgan fingerprint density at radius 1 is 1.40 bits per heavy atom. The maximum atomic E-state index is 6.11.